The number of aliphatic hydroxyl groups excluding tert-OH is 1. The van der Waals surface area contributed by atoms with Crippen LogP contribution in [0.25, 0.3) is 0 Å². The van der Waals surface area contributed by atoms with Crippen molar-refractivity contribution >= 4 is 5.91 Å². The first-order valence-corrected chi connectivity index (χ1v) is 6.86. The molecule has 1 heterocycles. The lowest BCUT2D eigenvalue weighted by atomic mass is 9.98. The van der Waals surface area contributed by atoms with Gasteiger partial charge >= 0.3 is 0 Å². The number of piperidine rings is 1. The summed E-state index contributed by atoms with van der Waals surface area (Å²) in [6, 6.07) is 7.12. The third-order valence-electron chi connectivity index (χ3n) is 3.73. The van der Waals surface area contributed by atoms with Crippen molar-refractivity contribution in [3.8, 4) is 5.75 Å². The van der Waals surface area contributed by atoms with Crippen molar-refractivity contribution in [1.82, 2.24) is 4.90 Å². The van der Waals surface area contributed by atoms with Gasteiger partial charge in [0, 0.05) is 26.1 Å². The van der Waals surface area contributed by atoms with E-state index in [-0.39, 0.29) is 24.2 Å². The molecule has 1 fully saturated rings. The van der Waals surface area contributed by atoms with Crippen LogP contribution in [0, 0.1) is 5.92 Å². The quantitative estimate of drug-likeness (QED) is 0.866. The molecule has 0 aliphatic carbocycles. The first-order valence-electron chi connectivity index (χ1n) is 6.86. The highest BCUT2D eigenvalue weighted by molar-refractivity contribution is 5.76. The van der Waals surface area contributed by atoms with E-state index in [1.54, 1.807) is 12.1 Å². The van der Waals surface area contributed by atoms with Crippen molar-refractivity contribution in [2.24, 2.45) is 5.92 Å². The monoisotopic (exact) mass is 263 g/mol. The standard InChI is InChI=1S/C15H21NO3/c17-11-12-4-3-9-16(10-12)15(19)8-7-13-5-1-2-6-14(13)18/h1-2,5-6,12,17-18H,3-4,7-11H2/t12-/m1/s1. The Hall–Kier alpha value is -1.55. The molecule has 4 nitrogen and oxygen atoms in total. The first kappa shape index (κ1) is 13.9. The number of hydrogen-bond acceptors (Lipinski definition) is 3. The Morgan fingerprint density at radius 3 is 2.89 bits per heavy atom. The molecule has 1 aromatic rings. The second kappa shape index (κ2) is 6.57. The number of carbonyl (C=O) groups excluding carboxylic acids is 1. The van der Waals surface area contributed by atoms with E-state index in [1.165, 1.54) is 0 Å². The van der Waals surface area contributed by atoms with Gasteiger partial charge in [0.15, 0.2) is 0 Å². The number of para-hydroxylation sites is 1. The number of phenols is 1. The third kappa shape index (κ3) is 3.70. The SMILES string of the molecule is O=C(CCc1ccccc1O)N1CCC[C@@H](CO)C1. The van der Waals surface area contributed by atoms with Crippen molar-refractivity contribution in [2.45, 2.75) is 25.7 Å². The Kier molecular flexibility index (Phi) is 4.80. The molecule has 104 valence electrons. The molecule has 1 aliphatic heterocycles. The van der Waals surface area contributed by atoms with E-state index in [0.29, 0.717) is 19.4 Å². The highest BCUT2D eigenvalue weighted by atomic mass is 16.3. The minimum atomic E-state index is 0.112. The zero-order chi connectivity index (χ0) is 13.7. The number of nitrogens with zero attached hydrogens (tertiary/aromatic N) is 1. The summed E-state index contributed by atoms with van der Waals surface area (Å²) in [6.45, 7) is 1.61. The predicted molar refractivity (Wildman–Crippen MR) is 72.8 cm³/mol. The normalized spacial score (nSPS) is 19.4. The van der Waals surface area contributed by atoms with E-state index in [1.807, 2.05) is 17.0 Å². The summed E-state index contributed by atoms with van der Waals surface area (Å²) in [4.78, 5) is 13.9. The first-order chi connectivity index (χ1) is 9.20. The molecule has 2 N–H and O–H groups in total. The van der Waals surface area contributed by atoms with E-state index >= 15 is 0 Å². The molecule has 0 aromatic heterocycles. The largest absolute Gasteiger partial charge is 0.508 e. The number of rotatable bonds is 4. The lowest BCUT2D eigenvalue weighted by molar-refractivity contribution is -0.133. The van der Waals surface area contributed by atoms with E-state index in [2.05, 4.69) is 0 Å². The van der Waals surface area contributed by atoms with Gasteiger partial charge in [0.05, 0.1) is 0 Å². The highest BCUT2D eigenvalue weighted by Crippen LogP contribution is 2.20. The maximum atomic E-state index is 12.1. The summed E-state index contributed by atoms with van der Waals surface area (Å²) < 4.78 is 0. The van der Waals surface area contributed by atoms with Gasteiger partial charge in [-0.3, -0.25) is 4.79 Å². The van der Waals surface area contributed by atoms with E-state index in [4.69, 9.17) is 5.11 Å². The minimum absolute atomic E-state index is 0.112. The Bertz CT molecular complexity index is 433. The minimum Gasteiger partial charge on any atom is -0.508 e. The molecule has 0 unspecified atom stereocenters. The molecule has 4 heteroatoms. The van der Waals surface area contributed by atoms with Gasteiger partial charge in [0.25, 0.3) is 0 Å². The summed E-state index contributed by atoms with van der Waals surface area (Å²) in [5.41, 5.74) is 0.812. The number of carbonyl (C=O) groups is 1. The Balaban J connectivity index is 1.86. The lowest BCUT2D eigenvalue weighted by Crippen LogP contribution is -2.41. The van der Waals surface area contributed by atoms with Gasteiger partial charge in [-0.2, -0.15) is 0 Å². The number of aliphatic hydroxyl groups is 1. The number of amides is 1. The van der Waals surface area contributed by atoms with Gasteiger partial charge in [-0.1, -0.05) is 18.2 Å². The van der Waals surface area contributed by atoms with Crippen molar-refractivity contribution in [2.75, 3.05) is 19.7 Å². The summed E-state index contributed by atoms with van der Waals surface area (Å²) in [7, 11) is 0. The number of aryl methyl sites for hydroxylation is 1. The molecule has 0 bridgehead atoms. The average molecular weight is 263 g/mol. The lowest BCUT2D eigenvalue weighted by Gasteiger charge is -2.32. The Morgan fingerprint density at radius 1 is 1.37 bits per heavy atom. The molecule has 1 aliphatic rings. The number of hydrogen-bond donors (Lipinski definition) is 2. The van der Waals surface area contributed by atoms with Gasteiger partial charge in [0.2, 0.25) is 5.91 Å². The summed E-state index contributed by atoms with van der Waals surface area (Å²) in [5, 5.41) is 18.8. The van der Waals surface area contributed by atoms with Crippen LogP contribution >= 0.6 is 0 Å². The zero-order valence-corrected chi connectivity index (χ0v) is 11.1. The number of phenolic OH excluding ortho intramolecular Hbond substituents is 1. The van der Waals surface area contributed by atoms with Crippen LogP contribution in [-0.2, 0) is 11.2 Å². The van der Waals surface area contributed by atoms with Crippen LogP contribution in [0.15, 0.2) is 24.3 Å². The molecule has 1 aromatic carbocycles. The van der Waals surface area contributed by atoms with Gasteiger partial charge in [0.1, 0.15) is 5.75 Å². The van der Waals surface area contributed by atoms with Crippen molar-refractivity contribution < 1.29 is 15.0 Å². The summed E-state index contributed by atoms with van der Waals surface area (Å²) >= 11 is 0. The molecular weight excluding hydrogens is 242 g/mol. The van der Waals surface area contributed by atoms with Crippen LogP contribution in [0.4, 0.5) is 0 Å². The maximum Gasteiger partial charge on any atom is 0.222 e. The topological polar surface area (TPSA) is 60.8 Å². The van der Waals surface area contributed by atoms with Crippen LogP contribution in [0.2, 0.25) is 0 Å². The fourth-order valence-corrected chi connectivity index (χ4v) is 2.56. The second-order valence-corrected chi connectivity index (χ2v) is 5.16. The molecule has 1 amide bonds. The summed E-state index contributed by atoms with van der Waals surface area (Å²) in [6.07, 6.45) is 2.94. The Morgan fingerprint density at radius 2 is 2.16 bits per heavy atom. The van der Waals surface area contributed by atoms with Crippen LogP contribution in [-0.4, -0.2) is 40.7 Å². The van der Waals surface area contributed by atoms with Crippen LogP contribution in [0.3, 0.4) is 0 Å². The summed E-state index contributed by atoms with van der Waals surface area (Å²) in [5.74, 6) is 0.589. The third-order valence-corrected chi connectivity index (χ3v) is 3.73. The van der Waals surface area contributed by atoms with Crippen molar-refractivity contribution in [1.29, 1.82) is 0 Å². The van der Waals surface area contributed by atoms with E-state index in [9.17, 15) is 9.90 Å². The van der Waals surface area contributed by atoms with E-state index in [0.717, 1.165) is 24.9 Å². The maximum absolute atomic E-state index is 12.1. The molecule has 1 saturated heterocycles. The van der Waals surface area contributed by atoms with Crippen LogP contribution < -0.4 is 0 Å². The van der Waals surface area contributed by atoms with Gasteiger partial charge in [-0.15, -0.1) is 0 Å². The molecule has 19 heavy (non-hydrogen) atoms. The Labute approximate surface area is 113 Å². The van der Waals surface area contributed by atoms with Gasteiger partial charge in [-0.25, -0.2) is 0 Å². The predicted octanol–water partition coefficient (Wildman–Crippen LogP) is 1.56. The number of benzene rings is 1. The number of aromatic hydroxyl groups is 1. The second-order valence-electron chi connectivity index (χ2n) is 5.16. The molecule has 0 radical (unpaired) electrons. The van der Waals surface area contributed by atoms with Crippen molar-refractivity contribution in [3.05, 3.63) is 29.8 Å². The van der Waals surface area contributed by atoms with Crippen LogP contribution in [0.1, 0.15) is 24.8 Å². The van der Waals surface area contributed by atoms with E-state index < -0.39 is 0 Å². The zero-order valence-electron chi connectivity index (χ0n) is 11.1. The molecule has 0 spiro atoms. The molecule has 2 rings (SSSR count). The average Bonchev–Trinajstić information content (AvgIpc) is 2.46. The molecule has 0 saturated carbocycles. The fraction of sp³-hybridized carbons (Fsp3) is 0.533. The number of likely N-dealkylation sites (tertiary alicyclic amines) is 1. The van der Waals surface area contributed by atoms with Gasteiger partial charge in [-0.05, 0) is 36.8 Å². The molecular formula is C15H21NO3. The van der Waals surface area contributed by atoms with Gasteiger partial charge < -0.3 is 15.1 Å². The highest BCUT2D eigenvalue weighted by Gasteiger charge is 2.22. The van der Waals surface area contributed by atoms with Crippen molar-refractivity contribution in [3.63, 3.8) is 0 Å². The fourth-order valence-electron chi connectivity index (χ4n) is 2.56. The smallest absolute Gasteiger partial charge is 0.222 e. The van der Waals surface area contributed by atoms with Crippen LogP contribution in [0.5, 0.6) is 5.75 Å². The molecule has 1 atom stereocenters.